The van der Waals surface area contributed by atoms with Gasteiger partial charge in [0.2, 0.25) is 10.9 Å². The Hall–Kier alpha value is -3.34. The van der Waals surface area contributed by atoms with Gasteiger partial charge in [-0.2, -0.15) is 0 Å². The van der Waals surface area contributed by atoms with Crippen molar-refractivity contribution in [2.75, 3.05) is 5.75 Å². The maximum Gasteiger partial charge on any atom is 0.375 e. The molecule has 3 saturated carbocycles. The Bertz CT molecular complexity index is 1590. The monoisotopic (exact) mass is 635 g/mol. The number of ketones is 1. The third-order valence-electron chi connectivity index (χ3n) is 11.1. The van der Waals surface area contributed by atoms with Crippen molar-refractivity contribution in [3.63, 3.8) is 0 Å². The highest BCUT2D eigenvalue weighted by Crippen LogP contribution is 2.69. The minimum Gasteiger partial charge on any atom is -0.457 e. The van der Waals surface area contributed by atoms with Crippen molar-refractivity contribution in [3.05, 3.63) is 77.2 Å². The van der Waals surface area contributed by atoms with Crippen molar-refractivity contribution >= 4 is 40.5 Å². The van der Waals surface area contributed by atoms with E-state index in [1.807, 2.05) is 12.2 Å². The largest absolute Gasteiger partial charge is 0.457 e. The molecule has 6 rings (SSSR count). The molecule has 2 unspecified atom stereocenters. The van der Waals surface area contributed by atoms with E-state index in [0.717, 1.165) is 41.6 Å². The Morgan fingerprint density at radius 2 is 1.96 bits per heavy atom. The van der Waals surface area contributed by atoms with Crippen LogP contribution in [0.2, 0.25) is 0 Å². The van der Waals surface area contributed by atoms with Gasteiger partial charge in [0.1, 0.15) is 23.0 Å². The van der Waals surface area contributed by atoms with Crippen LogP contribution in [-0.4, -0.2) is 45.6 Å². The summed E-state index contributed by atoms with van der Waals surface area (Å²) < 4.78 is 25.0. The lowest BCUT2D eigenvalue weighted by Gasteiger charge is -2.60. The second kappa shape index (κ2) is 11.8. The maximum absolute atomic E-state index is 14.0. The number of hydrogen-bond acceptors (Lipinski definition) is 8. The number of hydrogen-bond donors (Lipinski definition) is 3. The van der Waals surface area contributed by atoms with E-state index >= 15 is 0 Å². The lowest BCUT2D eigenvalue weighted by atomic mass is 9.45. The minimum atomic E-state index is -1.52. The molecule has 4 aliphatic rings. The summed E-state index contributed by atoms with van der Waals surface area (Å²) >= 11 is 0.885. The van der Waals surface area contributed by atoms with Crippen molar-refractivity contribution in [1.29, 1.82) is 5.41 Å². The molecule has 7 atom stereocenters. The Morgan fingerprint density at radius 1 is 1.20 bits per heavy atom. The van der Waals surface area contributed by atoms with Gasteiger partial charge in [0.25, 0.3) is 0 Å². The zero-order valence-electron chi connectivity index (χ0n) is 25.8. The number of rotatable bonds is 8. The third-order valence-corrected chi connectivity index (χ3v) is 12.3. The van der Waals surface area contributed by atoms with Crippen molar-refractivity contribution < 1.29 is 38.4 Å². The smallest absolute Gasteiger partial charge is 0.375 e. The van der Waals surface area contributed by atoms with Gasteiger partial charge in [0.05, 0.1) is 18.1 Å². The molecule has 0 saturated heterocycles. The molecule has 3 fully saturated rings. The standard InChI is InChI=1S/C35H39FN2O6S/c1-20(39)19-45-32(42)35(44-31(41)29-5-4-14-43-29)13-12-26-25-11-6-22-15-27(38-24-9-7-23(36)8-10-24)21(18-37)16-33(22,2)30(25)28(40)17-34(26,35)3/h4-5,7-10,14-15,18,25-26,28,30,37-38,40H,6,11-13,16-17,19H2,1-3H3/p+1/t25-,26?,28-,30?,33-,34-,35-/m0/s1. The molecule has 8 nitrogen and oxygen atoms in total. The number of carbonyl (C=O) groups is 3. The van der Waals surface area contributed by atoms with Gasteiger partial charge in [0.15, 0.2) is 5.60 Å². The summed E-state index contributed by atoms with van der Waals surface area (Å²) in [6.45, 7) is 5.58. The van der Waals surface area contributed by atoms with Crippen molar-refractivity contribution in [1.82, 2.24) is 0 Å². The first-order chi connectivity index (χ1) is 21.4. The number of allylic oxidation sites excluding steroid dienone is 3. The highest BCUT2D eigenvalue weighted by atomic mass is 32.2. The molecule has 45 heavy (non-hydrogen) atoms. The highest BCUT2D eigenvalue weighted by Gasteiger charge is 2.71. The zero-order valence-corrected chi connectivity index (χ0v) is 26.6. The van der Waals surface area contributed by atoms with Crippen LogP contribution in [0.1, 0.15) is 69.9 Å². The molecule has 4 N–H and O–H groups in total. The van der Waals surface area contributed by atoms with Crippen molar-refractivity contribution in [2.24, 2.45) is 28.6 Å². The molecular formula is C35H40FN2O6S+. The maximum atomic E-state index is 14.0. The number of nitrogens with one attached hydrogen (secondary N) is 1. The van der Waals surface area contributed by atoms with E-state index < -0.39 is 28.5 Å². The number of fused-ring (bicyclic) bond motifs is 5. The van der Waals surface area contributed by atoms with Gasteiger partial charge in [-0.3, -0.25) is 14.9 Å². The van der Waals surface area contributed by atoms with E-state index in [4.69, 9.17) is 14.6 Å². The molecule has 0 spiro atoms. The minimum absolute atomic E-state index is 0.00129. The number of ether oxygens (including phenoxy) is 1. The molecular weight excluding hydrogens is 595 g/mol. The highest BCUT2D eigenvalue weighted by molar-refractivity contribution is 8.14. The predicted molar refractivity (Wildman–Crippen MR) is 167 cm³/mol. The van der Waals surface area contributed by atoms with Crippen LogP contribution in [0.25, 0.3) is 0 Å². The Morgan fingerprint density at radius 3 is 2.62 bits per heavy atom. The van der Waals surface area contributed by atoms with Crippen LogP contribution in [0.15, 0.2) is 70.0 Å². The third kappa shape index (κ3) is 5.24. The van der Waals surface area contributed by atoms with Gasteiger partial charge in [-0.1, -0.05) is 31.2 Å². The van der Waals surface area contributed by atoms with Crippen molar-refractivity contribution in [3.8, 4) is 0 Å². The molecule has 1 heterocycles. The summed E-state index contributed by atoms with van der Waals surface area (Å²) in [5, 5.41) is 22.0. The summed E-state index contributed by atoms with van der Waals surface area (Å²) in [6, 6.07) is 9.38. The number of Topliss-reactive ketones (excluding diaryl/α,β-unsaturated/α-hetero) is 1. The fourth-order valence-electron chi connectivity index (χ4n) is 9.15. The molecule has 4 aliphatic carbocycles. The van der Waals surface area contributed by atoms with Gasteiger partial charge in [-0.25, -0.2) is 9.18 Å². The van der Waals surface area contributed by atoms with E-state index in [1.54, 1.807) is 18.2 Å². The van der Waals surface area contributed by atoms with Gasteiger partial charge in [-0.15, -0.1) is 0 Å². The van der Waals surface area contributed by atoms with Crippen LogP contribution in [-0.2, 0) is 14.3 Å². The van der Waals surface area contributed by atoms with Gasteiger partial charge in [0, 0.05) is 29.3 Å². The van der Waals surface area contributed by atoms with Gasteiger partial charge in [-0.05, 0) is 99.0 Å². The first-order valence-electron chi connectivity index (χ1n) is 15.6. The molecule has 0 bridgehead atoms. The van der Waals surface area contributed by atoms with Crippen LogP contribution in [0, 0.1) is 39.8 Å². The van der Waals surface area contributed by atoms with E-state index in [9.17, 15) is 23.9 Å². The van der Waals surface area contributed by atoms with Gasteiger partial charge >= 0.3 is 5.97 Å². The van der Waals surface area contributed by atoms with Gasteiger partial charge < -0.3 is 19.7 Å². The van der Waals surface area contributed by atoms with E-state index in [0.29, 0.717) is 19.3 Å². The molecule has 0 aliphatic heterocycles. The zero-order chi connectivity index (χ0) is 32.1. The van der Waals surface area contributed by atoms with Crippen LogP contribution < -0.4 is 5.32 Å². The van der Waals surface area contributed by atoms with E-state index in [-0.39, 0.29) is 52.4 Å². The number of aliphatic hydroxyl groups excluding tert-OH is 1. The second-order valence-electron chi connectivity index (χ2n) is 13.6. The number of benzene rings is 1. The number of furan rings is 1. The molecule has 1 aromatic carbocycles. The number of thioether (sulfide) groups is 1. The summed E-state index contributed by atoms with van der Waals surface area (Å²) in [5.74, 6) is -1.25. The molecule has 0 radical (unpaired) electrons. The quantitative estimate of drug-likeness (QED) is 0.198. The fraction of sp³-hybridized carbons (Fsp3) is 0.486. The molecule has 238 valence electrons. The Labute approximate surface area is 266 Å². The SMILES string of the molecule is CC(=O)CSC(=O)[C@@]1(OC(=O)c2ccco2)CCC2[C@@H]3CCC4=CC([NH2+]c5ccc(F)cc5)=C(C=N)C[C@]4(C)C3[C@@H](O)C[C@@]21C. The van der Waals surface area contributed by atoms with Crippen LogP contribution in [0.3, 0.4) is 0 Å². The summed E-state index contributed by atoms with van der Waals surface area (Å²) in [7, 11) is 0. The topological polar surface area (TPSA) is 134 Å². The average Bonchev–Trinajstić information content (AvgIpc) is 3.64. The summed E-state index contributed by atoms with van der Waals surface area (Å²) in [5.41, 5.74) is 1.09. The first-order valence-corrected chi connectivity index (χ1v) is 16.6. The Kier molecular flexibility index (Phi) is 8.29. The van der Waals surface area contributed by atoms with E-state index in [1.165, 1.54) is 43.2 Å². The molecule has 1 aromatic heterocycles. The lowest BCUT2D eigenvalue weighted by molar-refractivity contribution is -0.513. The van der Waals surface area contributed by atoms with Crippen LogP contribution >= 0.6 is 11.8 Å². The number of aliphatic hydroxyl groups is 1. The molecule has 2 aromatic rings. The number of nitrogens with two attached hydrogens (primary N) is 1. The molecule has 0 amide bonds. The lowest BCUT2D eigenvalue weighted by Crippen LogP contribution is -2.76. The van der Waals surface area contributed by atoms with Crippen LogP contribution in [0.5, 0.6) is 0 Å². The second-order valence-corrected chi connectivity index (χ2v) is 14.6. The van der Waals surface area contributed by atoms with E-state index in [2.05, 4.69) is 13.0 Å². The Balaban J connectivity index is 1.32. The molecule has 10 heteroatoms. The van der Waals surface area contributed by atoms with Crippen molar-refractivity contribution in [2.45, 2.75) is 71.0 Å². The normalized spacial score (nSPS) is 33.8. The van der Waals surface area contributed by atoms with Crippen LogP contribution in [0.4, 0.5) is 10.1 Å². The number of quaternary nitrogens is 1. The first kappa shape index (κ1) is 31.6. The number of carbonyl (C=O) groups excluding carboxylic acids is 3. The fourth-order valence-corrected chi connectivity index (χ4v) is 10.1. The predicted octanol–water partition coefficient (Wildman–Crippen LogP) is 5.51. The number of halogens is 1. The number of esters is 1. The average molecular weight is 636 g/mol. The summed E-state index contributed by atoms with van der Waals surface area (Å²) in [6.07, 6.45) is 7.54. The summed E-state index contributed by atoms with van der Waals surface area (Å²) in [4.78, 5) is 39.2.